The summed E-state index contributed by atoms with van der Waals surface area (Å²) in [5, 5.41) is 9.43. The predicted octanol–water partition coefficient (Wildman–Crippen LogP) is 2.86. The van der Waals surface area contributed by atoms with Crippen LogP contribution < -0.4 is 4.90 Å². The van der Waals surface area contributed by atoms with Crippen LogP contribution in [0.25, 0.3) is 0 Å². The summed E-state index contributed by atoms with van der Waals surface area (Å²) in [6, 6.07) is 3.64. The molecule has 1 aromatic carbocycles. The van der Waals surface area contributed by atoms with Crippen molar-refractivity contribution in [2.24, 2.45) is 0 Å². The van der Waals surface area contributed by atoms with Crippen molar-refractivity contribution in [1.29, 1.82) is 0 Å². The maximum Gasteiger partial charge on any atom is 0.116 e. The molecule has 0 aliphatic carbocycles. The highest BCUT2D eigenvalue weighted by atomic mass is 16.3. The number of aromatic hydroxyl groups is 1. The molecule has 0 saturated carbocycles. The molecule has 0 saturated heterocycles. The molecule has 14 heavy (non-hydrogen) atoms. The predicted molar refractivity (Wildman–Crippen MR) is 61.1 cm³/mol. The number of phenols is 1. The van der Waals surface area contributed by atoms with Gasteiger partial charge < -0.3 is 10.0 Å². The van der Waals surface area contributed by atoms with Crippen molar-refractivity contribution in [3.05, 3.63) is 23.3 Å². The van der Waals surface area contributed by atoms with Crippen LogP contribution in [0.5, 0.6) is 5.75 Å². The van der Waals surface area contributed by atoms with Crippen molar-refractivity contribution in [1.82, 2.24) is 0 Å². The molecule has 0 aliphatic heterocycles. The van der Waals surface area contributed by atoms with Crippen LogP contribution in [-0.4, -0.2) is 18.2 Å². The number of hydrogen-bond donors (Lipinski definition) is 1. The quantitative estimate of drug-likeness (QED) is 0.798. The second-order valence-electron chi connectivity index (χ2n) is 3.60. The number of hydrogen-bond acceptors (Lipinski definition) is 2. The van der Waals surface area contributed by atoms with E-state index in [1.807, 2.05) is 26.0 Å². The van der Waals surface area contributed by atoms with Gasteiger partial charge in [0.05, 0.1) is 0 Å². The Morgan fingerprint density at radius 2 is 1.50 bits per heavy atom. The van der Waals surface area contributed by atoms with Crippen molar-refractivity contribution in [2.75, 3.05) is 18.0 Å². The Labute approximate surface area is 86.2 Å². The van der Waals surface area contributed by atoms with Crippen molar-refractivity contribution in [2.45, 2.75) is 27.7 Å². The lowest BCUT2D eigenvalue weighted by molar-refractivity contribution is 0.474. The zero-order chi connectivity index (χ0) is 10.7. The third-order valence-electron chi connectivity index (χ3n) is 2.56. The van der Waals surface area contributed by atoms with Crippen LogP contribution in [0, 0.1) is 13.8 Å². The number of rotatable bonds is 3. The highest BCUT2D eigenvalue weighted by molar-refractivity contribution is 5.61. The first-order chi connectivity index (χ1) is 6.60. The van der Waals surface area contributed by atoms with Gasteiger partial charge in [-0.25, -0.2) is 0 Å². The van der Waals surface area contributed by atoms with Gasteiger partial charge in [-0.15, -0.1) is 0 Å². The molecule has 0 bridgehead atoms. The van der Waals surface area contributed by atoms with Crippen LogP contribution in [0.15, 0.2) is 12.1 Å². The van der Waals surface area contributed by atoms with Crippen LogP contribution in [0.2, 0.25) is 0 Å². The molecule has 1 N–H and O–H groups in total. The van der Waals surface area contributed by atoms with E-state index in [0.717, 1.165) is 24.2 Å². The van der Waals surface area contributed by atoms with E-state index < -0.39 is 0 Å². The smallest absolute Gasteiger partial charge is 0.116 e. The minimum absolute atomic E-state index is 0.357. The van der Waals surface area contributed by atoms with Gasteiger partial charge in [0, 0.05) is 18.8 Å². The van der Waals surface area contributed by atoms with E-state index in [1.165, 1.54) is 5.69 Å². The molecule has 0 aromatic heterocycles. The fourth-order valence-electron chi connectivity index (χ4n) is 1.97. The highest BCUT2D eigenvalue weighted by Crippen LogP contribution is 2.28. The standard InChI is InChI=1S/C12H19NO/c1-5-13(6-2)12-9(3)7-11(14)8-10(12)4/h7-8,14H,5-6H2,1-4H3. The van der Waals surface area contributed by atoms with Gasteiger partial charge in [-0.2, -0.15) is 0 Å². The van der Waals surface area contributed by atoms with Crippen LogP contribution >= 0.6 is 0 Å². The monoisotopic (exact) mass is 193 g/mol. The maximum atomic E-state index is 9.43. The van der Waals surface area contributed by atoms with Gasteiger partial charge >= 0.3 is 0 Å². The molecule has 1 rings (SSSR count). The van der Waals surface area contributed by atoms with Gasteiger partial charge in [0.2, 0.25) is 0 Å². The van der Waals surface area contributed by atoms with Gasteiger partial charge in [-0.3, -0.25) is 0 Å². The summed E-state index contributed by atoms with van der Waals surface area (Å²) < 4.78 is 0. The Morgan fingerprint density at radius 1 is 1.07 bits per heavy atom. The summed E-state index contributed by atoms with van der Waals surface area (Å²) in [7, 11) is 0. The van der Waals surface area contributed by atoms with E-state index in [4.69, 9.17) is 0 Å². The molecule has 0 radical (unpaired) electrons. The Balaban J connectivity index is 3.19. The fourth-order valence-corrected chi connectivity index (χ4v) is 1.97. The van der Waals surface area contributed by atoms with E-state index in [9.17, 15) is 5.11 Å². The summed E-state index contributed by atoms with van der Waals surface area (Å²) in [5.74, 6) is 0.357. The lowest BCUT2D eigenvalue weighted by atomic mass is 10.1. The number of aryl methyl sites for hydroxylation is 2. The van der Waals surface area contributed by atoms with Crippen molar-refractivity contribution in [3.8, 4) is 5.75 Å². The Kier molecular flexibility index (Phi) is 3.39. The topological polar surface area (TPSA) is 23.5 Å². The van der Waals surface area contributed by atoms with Gasteiger partial charge in [-0.1, -0.05) is 0 Å². The lowest BCUT2D eigenvalue weighted by Gasteiger charge is -2.25. The second-order valence-corrected chi connectivity index (χ2v) is 3.60. The molecule has 0 atom stereocenters. The Morgan fingerprint density at radius 3 is 1.86 bits per heavy atom. The number of phenolic OH excluding ortho intramolecular Hbond substituents is 1. The number of nitrogens with zero attached hydrogens (tertiary/aromatic N) is 1. The van der Waals surface area contributed by atoms with E-state index in [2.05, 4.69) is 18.7 Å². The highest BCUT2D eigenvalue weighted by Gasteiger charge is 2.09. The largest absolute Gasteiger partial charge is 0.508 e. The molecular weight excluding hydrogens is 174 g/mol. The zero-order valence-electron chi connectivity index (χ0n) is 9.46. The van der Waals surface area contributed by atoms with Crippen molar-refractivity contribution >= 4 is 5.69 Å². The SMILES string of the molecule is CCN(CC)c1c(C)cc(O)cc1C. The fraction of sp³-hybridized carbons (Fsp3) is 0.500. The Bertz CT molecular complexity index is 293. The molecule has 1 aromatic rings. The normalized spacial score (nSPS) is 10.3. The minimum atomic E-state index is 0.357. The molecule has 0 spiro atoms. The van der Waals surface area contributed by atoms with Gasteiger partial charge in [0.1, 0.15) is 5.75 Å². The Hall–Kier alpha value is -1.18. The first kappa shape index (κ1) is 10.9. The first-order valence-electron chi connectivity index (χ1n) is 5.15. The first-order valence-corrected chi connectivity index (χ1v) is 5.15. The zero-order valence-corrected chi connectivity index (χ0v) is 9.46. The molecule has 0 heterocycles. The summed E-state index contributed by atoms with van der Waals surface area (Å²) in [4.78, 5) is 2.31. The van der Waals surface area contributed by atoms with E-state index in [-0.39, 0.29) is 0 Å². The average molecular weight is 193 g/mol. The summed E-state index contributed by atoms with van der Waals surface area (Å²) >= 11 is 0. The van der Waals surface area contributed by atoms with E-state index in [0.29, 0.717) is 5.75 Å². The number of anilines is 1. The second kappa shape index (κ2) is 4.36. The van der Waals surface area contributed by atoms with Crippen molar-refractivity contribution < 1.29 is 5.11 Å². The molecule has 2 nitrogen and oxygen atoms in total. The molecule has 0 aliphatic rings. The van der Waals surface area contributed by atoms with Crippen molar-refractivity contribution in [3.63, 3.8) is 0 Å². The summed E-state index contributed by atoms with van der Waals surface area (Å²) in [6.45, 7) is 10.4. The third-order valence-corrected chi connectivity index (χ3v) is 2.56. The van der Waals surface area contributed by atoms with E-state index >= 15 is 0 Å². The molecule has 78 valence electrons. The molecule has 0 fully saturated rings. The summed E-state index contributed by atoms with van der Waals surface area (Å²) in [6.07, 6.45) is 0. The van der Waals surface area contributed by atoms with Gasteiger partial charge in [-0.05, 0) is 51.0 Å². The van der Waals surface area contributed by atoms with Crippen LogP contribution in [0.3, 0.4) is 0 Å². The number of benzene rings is 1. The van der Waals surface area contributed by atoms with Gasteiger partial charge in [0.25, 0.3) is 0 Å². The van der Waals surface area contributed by atoms with E-state index in [1.54, 1.807) is 0 Å². The maximum absolute atomic E-state index is 9.43. The lowest BCUT2D eigenvalue weighted by Crippen LogP contribution is -2.23. The third kappa shape index (κ3) is 2.00. The van der Waals surface area contributed by atoms with Gasteiger partial charge in [0.15, 0.2) is 0 Å². The molecular formula is C12H19NO. The molecule has 0 amide bonds. The van der Waals surface area contributed by atoms with Crippen LogP contribution in [-0.2, 0) is 0 Å². The molecule has 2 heteroatoms. The molecule has 0 unspecified atom stereocenters. The average Bonchev–Trinajstić information content (AvgIpc) is 2.10. The summed E-state index contributed by atoms with van der Waals surface area (Å²) in [5.41, 5.74) is 3.55. The van der Waals surface area contributed by atoms with Crippen LogP contribution in [0.4, 0.5) is 5.69 Å². The minimum Gasteiger partial charge on any atom is -0.508 e. The van der Waals surface area contributed by atoms with Crippen LogP contribution in [0.1, 0.15) is 25.0 Å².